The Labute approximate surface area is 182 Å². The molecule has 2 aromatic rings. The summed E-state index contributed by atoms with van der Waals surface area (Å²) in [6, 6.07) is 10.1. The van der Waals surface area contributed by atoms with Crippen LogP contribution in [0, 0.1) is 17.4 Å². The molecule has 161 valence electrons. The Bertz CT molecular complexity index is 1110. The van der Waals surface area contributed by atoms with Crippen molar-refractivity contribution in [1.29, 1.82) is 5.26 Å². The first-order valence-corrected chi connectivity index (χ1v) is 10.6. The molecule has 0 aliphatic rings. The van der Waals surface area contributed by atoms with E-state index in [1.165, 1.54) is 24.3 Å². The zero-order valence-electron chi connectivity index (χ0n) is 14.2. The SMILES string of the molecule is N#Cc1ccc(Cc2c(Br)[c]c(Br)cc2S(=O)(=O)C(F)(F)C(F)(F)C(F)(F)F)cc1. The summed E-state index contributed by atoms with van der Waals surface area (Å²) in [5.74, 6) is -6.84. The van der Waals surface area contributed by atoms with E-state index < -0.39 is 44.1 Å². The van der Waals surface area contributed by atoms with E-state index in [4.69, 9.17) is 5.26 Å². The molecule has 0 saturated heterocycles. The van der Waals surface area contributed by atoms with Gasteiger partial charge in [0.05, 0.1) is 16.5 Å². The zero-order chi connectivity index (χ0) is 23.1. The van der Waals surface area contributed by atoms with Gasteiger partial charge in [0.15, 0.2) is 0 Å². The molecule has 2 aromatic carbocycles. The van der Waals surface area contributed by atoms with Crippen molar-refractivity contribution in [2.24, 2.45) is 0 Å². The highest BCUT2D eigenvalue weighted by Gasteiger charge is 2.78. The number of nitriles is 1. The molecule has 0 fully saturated rings. The van der Waals surface area contributed by atoms with Gasteiger partial charge in [0, 0.05) is 15.0 Å². The number of nitrogens with zero attached hydrogens (tertiary/aromatic N) is 1. The second-order valence-electron chi connectivity index (χ2n) is 5.85. The Kier molecular flexibility index (Phi) is 6.67. The maximum Gasteiger partial charge on any atom is 0.461 e. The first-order chi connectivity index (χ1) is 13.6. The van der Waals surface area contributed by atoms with Crippen LogP contribution in [0.2, 0.25) is 0 Å². The lowest BCUT2D eigenvalue weighted by molar-refractivity contribution is -0.332. The minimum atomic E-state index is -6.84. The number of sulfone groups is 1. The first-order valence-electron chi connectivity index (χ1n) is 7.52. The number of hydrogen-bond acceptors (Lipinski definition) is 3. The third-order valence-corrected chi connectivity index (χ3v) is 6.84. The van der Waals surface area contributed by atoms with Crippen molar-refractivity contribution in [3.05, 3.63) is 62.0 Å². The number of halogens is 9. The van der Waals surface area contributed by atoms with E-state index in [0.29, 0.717) is 6.07 Å². The molecule has 0 saturated carbocycles. The summed E-state index contributed by atoms with van der Waals surface area (Å²) in [4.78, 5) is -1.43. The normalized spacial score (nSPS) is 13.2. The van der Waals surface area contributed by atoms with E-state index in [1.807, 2.05) is 6.07 Å². The minimum Gasteiger partial charge on any atom is -0.217 e. The minimum absolute atomic E-state index is 0.226. The van der Waals surface area contributed by atoms with Crippen LogP contribution in [0.1, 0.15) is 16.7 Å². The van der Waals surface area contributed by atoms with E-state index in [1.54, 1.807) is 0 Å². The Morgan fingerprint density at radius 2 is 1.53 bits per heavy atom. The number of alkyl halides is 7. The van der Waals surface area contributed by atoms with E-state index in [2.05, 4.69) is 37.9 Å². The molecule has 0 N–H and O–H groups in total. The molecule has 0 spiro atoms. The van der Waals surface area contributed by atoms with E-state index in [-0.39, 0.29) is 20.1 Å². The smallest absolute Gasteiger partial charge is 0.217 e. The van der Waals surface area contributed by atoms with Crippen molar-refractivity contribution in [2.75, 3.05) is 0 Å². The Morgan fingerprint density at radius 1 is 1.00 bits per heavy atom. The first kappa shape index (κ1) is 24.6. The summed E-state index contributed by atoms with van der Waals surface area (Å²) in [6.07, 6.45) is -7.26. The van der Waals surface area contributed by atoms with Crippen LogP contribution >= 0.6 is 31.9 Å². The molecule has 0 aliphatic carbocycles. The summed E-state index contributed by atoms with van der Waals surface area (Å²) in [5.41, 5.74) is -0.0160. The van der Waals surface area contributed by atoms with E-state index >= 15 is 0 Å². The van der Waals surface area contributed by atoms with Crippen molar-refractivity contribution in [1.82, 2.24) is 0 Å². The van der Waals surface area contributed by atoms with Gasteiger partial charge in [-0.15, -0.1) is 0 Å². The highest BCUT2D eigenvalue weighted by molar-refractivity contribution is 9.11. The van der Waals surface area contributed by atoms with Gasteiger partial charge in [-0.3, -0.25) is 0 Å². The molecule has 30 heavy (non-hydrogen) atoms. The van der Waals surface area contributed by atoms with Crippen molar-refractivity contribution < 1.29 is 39.2 Å². The molecule has 13 heteroatoms. The van der Waals surface area contributed by atoms with Gasteiger partial charge >= 0.3 is 17.4 Å². The van der Waals surface area contributed by atoms with E-state index in [9.17, 15) is 39.2 Å². The summed E-state index contributed by atoms with van der Waals surface area (Å²) < 4.78 is 117. The molecule has 0 aliphatic heterocycles. The second-order valence-corrected chi connectivity index (χ2v) is 9.46. The maximum atomic E-state index is 14.1. The molecule has 2 rings (SSSR count). The second kappa shape index (κ2) is 8.12. The molecular formula is C17H7Br2F7NO2S. The van der Waals surface area contributed by atoms with Crippen LogP contribution in [-0.4, -0.2) is 25.8 Å². The average molecular weight is 582 g/mol. The van der Waals surface area contributed by atoms with Crippen molar-refractivity contribution in [2.45, 2.75) is 28.7 Å². The van der Waals surface area contributed by atoms with Gasteiger partial charge in [0.1, 0.15) is 0 Å². The zero-order valence-corrected chi connectivity index (χ0v) is 18.2. The highest BCUT2D eigenvalue weighted by Crippen LogP contribution is 2.51. The Morgan fingerprint density at radius 3 is 2.00 bits per heavy atom. The van der Waals surface area contributed by atoms with Gasteiger partial charge in [0.25, 0.3) is 9.84 Å². The third-order valence-electron chi connectivity index (χ3n) is 3.86. The monoisotopic (exact) mass is 580 g/mol. The van der Waals surface area contributed by atoms with Gasteiger partial charge in [-0.2, -0.15) is 36.0 Å². The predicted octanol–water partition coefficient (Wildman–Crippen LogP) is 6.04. The van der Waals surface area contributed by atoms with Crippen LogP contribution in [0.4, 0.5) is 30.7 Å². The summed E-state index contributed by atoms with van der Waals surface area (Å²) in [7, 11) is -6.52. The topological polar surface area (TPSA) is 57.9 Å². The maximum absolute atomic E-state index is 14.1. The van der Waals surface area contributed by atoms with Crippen molar-refractivity contribution >= 4 is 41.7 Å². The highest BCUT2D eigenvalue weighted by atomic mass is 79.9. The lowest BCUT2D eigenvalue weighted by atomic mass is 10.0. The molecule has 0 heterocycles. The third kappa shape index (κ3) is 4.22. The van der Waals surface area contributed by atoms with Gasteiger partial charge in [-0.25, -0.2) is 8.42 Å². The largest absolute Gasteiger partial charge is 0.461 e. The predicted molar refractivity (Wildman–Crippen MR) is 97.8 cm³/mol. The Balaban J connectivity index is 2.69. The number of rotatable bonds is 5. The molecule has 3 nitrogen and oxygen atoms in total. The number of benzene rings is 2. The lowest BCUT2D eigenvalue weighted by Crippen LogP contribution is -2.56. The lowest BCUT2D eigenvalue weighted by Gasteiger charge is -2.28. The fourth-order valence-corrected chi connectivity index (χ4v) is 5.35. The molecule has 1 radical (unpaired) electrons. The van der Waals surface area contributed by atoms with Crippen LogP contribution in [0.5, 0.6) is 0 Å². The molecule has 0 atom stereocenters. The van der Waals surface area contributed by atoms with Gasteiger partial charge in [0.2, 0.25) is 0 Å². The standard InChI is InChI=1S/C17H7Br2F7NO2S/c18-11-6-13(19)12(5-9-1-3-10(8-27)4-2-9)14(7-11)30(28,29)17(25,26)15(20,21)16(22,23)24/h1-4,7H,5H2. The van der Waals surface area contributed by atoms with E-state index in [0.717, 1.165) is 0 Å². The van der Waals surface area contributed by atoms with Crippen LogP contribution in [-0.2, 0) is 16.3 Å². The van der Waals surface area contributed by atoms with Gasteiger partial charge in [-0.05, 0) is 51.7 Å². The Hall–Kier alpha value is -1.65. The quantitative estimate of drug-likeness (QED) is 0.405. The fraction of sp³-hybridized carbons (Fsp3) is 0.235. The molecule has 0 bridgehead atoms. The molecule has 0 aromatic heterocycles. The van der Waals surface area contributed by atoms with Gasteiger partial charge < -0.3 is 0 Å². The van der Waals surface area contributed by atoms with Crippen LogP contribution in [0.3, 0.4) is 0 Å². The molecule has 0 amide bonds. The summed E-state index contributed by atoms with van der Waals surface area (Å²) in [5, 5.41) is 2.29. The number of hydrogen-bond donors (Lipinski definition) is 0. The molecule has 0 unspecified atom stereocenters. The summed E-state index contributed by atoms with van der Waals surface area (Å²) >= 11 is 5.64. The van der Waals surface area contributed by atoms with Crippen LogP contribution in [0.25, 0.3) is 0 Å². The average Bonchev–Trinajstić information content (AvgIpc) is 2.62. The fourth-order valence-electron chi connectivity index (χ4n) is 2.30. The molecular weight excluding hydrogens is 575 g/mol. The van der Waals surface area contributed by atoms with Crippen LogP contribution in [0.15, 0.2) is 44.2 Å². The van der Waals surface area contributed by atoms with Crippen molar-refractivity contribution in [3.63, 3.8) is 0 Å². The van der Waals surface area contributed by atoms with Gasteiger partial charge in [-0.1, -0.05) is 28.1 Å². The van der Waals surface area contributed by atoms with Crippen LogP contribution < -0.4 is 0 Å². The summed E-state index contributed by atoms with van der Waals surface area (Å²) in [6.45, 7) is 0. The van der Waals surface area contributed by atoms with Crippen molar-refractivity contribution in [3.8, 4) is 6.07 Å².